The number of aromatic nitrogens is 4. The van der Waals surface area contributed by atoms with Gasteiger partial charge >= 0.3 is 0 Å². The summed E-state index contributed by atoms with van der Waals surface area (Å²) >= 11 is 1.39. The second kappa shape index (κ2) is 7.59. The molecule has 0 radical (unpaired) electrons. The van der Waals surface area contributed by atoms with E-state index >= 15 is 0 Å². The highest BCUT2D eigenvalue weighted by Gasteiger charge is 2.13. The fourth-order valence-electron chi connectivity index (χ4n) is 2.69. The Kier molecular flexibility index (Phi) is 4.84. The van der Waals surface area contributed by atoms with E-state index in [1.165, 1.54) is 11.8 Å². The molecule has 0 amide bonds. The molecule has 27 heavy (non-hydrogen) atoms. The largest absolute Gasteiger partial charge is 0.338 e. The number of hydrogen-bond donors (Lipinski definition) is 0. The van der Waals surface area contributed by atoms with Crippen LogP contribution in [0.3, 0.4) is 0 Å². The molecular weight excluding hydrogens is 360 g/mol. The predicted octanol–water partition coefficient (Wildman–Crippen LogP) is 3.92. The van der Waals surface area contributed by atoms with Gasteiger partial charge in [-0.3, -0.25) is 9.36 Å². The Morgan fingerprint density at radius 1 is 1.07 bits per heavy atom. The van der Waals surface area contributed by atoms with Crippen LogP contribution in [0.5, 0.6) is 0 Å². The van der Waals surface area contributed by atoms with Crippen molar-refractivity contribution in [3.05, 3.63) is 83.5 Å². The summed E-state index contributed by atoms with van der Waals surface area (Å²) in [5, 5.41) is 5.21. The molecule has 0 saturated carbocycles. The molecule has 0 N–H and O–H groups in total. The summed E-state index contributed by atoms with van der Waals surface area (Å²) in [4.78, 5) is 21.8. The van der Waals surface area contributed by atoms with Gasteiger partial charge in [0.2, 0.25) is 11.7 Å². The molecule has 134 valence electrons. The zero-order chi connectivity index (χ0) is 18.6. The van der Waals surface area contributed by atoms with E-state index in [4.69, 9.17) is 4.52 Å². The van der Waals surface area contributed by atoms with Gasteiger partial charge in [0.1, 0.15) is 0 Å². The molecule has 2 aromatic heterocycles. The maximum Gasteiger partial charge on any atom is 0.262 e. The lowest BCUT2D eigenvalue weighted by Gasteiger charge is -2.10. The van der Waals surface area contributed by atoms with Crippen LogP contribution in [0.2, 0.25) is 0 Å². The van der Waals surface area contributed by atoms with Gasteiger partial charge in [0.15, 0.2) is 5.16 Å². The average molecular weight is 376 g/mol. The van der Waals surface area contributed by atoms with E-state index in [0.717, 1.165) is 5.56 Å². The third-order valence-corrected chi connectivity index (χ3v) is 4.92. The van der Waals surface area contributed by atoms with Crippen LogP contribution in [-0.2, 0) is 12.3 Å². The van der Waals surface area contributed by atoms with Crippen molar-refractivity contribution in [2.45, 2.75) is 17.5 Å². The summed E-state index contributed by atoms with van der Waals surface area (Å²) in [7, 11) is 0. The van der Waals surface area contributed by atoms with Gasteiger partial charge in [-0.2, -0.15) is 4.98 Å². The lowest BCUT2D eigenvalue weighted by molar-refractivity contribution is 0.391. The molecular formula is C20H16N4O2S. The van der Waals surface area contributed by atoms with Crippen molar-refractivity contribution in [2.24, 2.45) is 0 Å². The van der Waals surface area contributed by atoms with Gasteiger partial charge in [-0.25, -0.2) is 4.98 Å². The minimum Gasteiger partial charge on any atom is -0.338 e. The van der Waals surface area contributed by atoms with Crippen LogP contribution in [0.15, 0.2) is 81.7 Å². The van der Waals surface area contributed by atoms with Crippen LogP contribution in [0, 0.1) is 0 Å². The van der Waals surface area contributed by atoms with Crippen LogP contribution in [0.25, 0.3) is 22.3 Å². The quantitative estimate of drug-likeness (QED) is 0.288. The van der Waals surface area contributed by atoms with Crippen molar-refractivity contribution < 1.29 is 4.52 Å². The summed E-state index contributed by atoms with van der Waals surface area (Å²) in [6, 6.07) is 16.9. The molecule has 0 spiro atoms. The number of hydrogen-bond acceptors (Lipinski definition) is 6. The normalized spacial score (nSPS) is 11.0. The molecule has 0 fully saturated rings. The lowest BCUT2D eigenvalue weighted by Crippen LogP contribution is -2.22. The Balaban J connectivity index is 1.62. The van der Waals surface area contributed by atoms with Crippen molar-refractivity contribution in [1.82, 2.24) is 19.7 Å². The van der Waals surface area contributed by atoms with Gasteiger partial charge in [0, 0.05) is 12.1 Å². The Hall–Kier alpha value is -3.19. The number of benzene rings is 2. The summed E-state index contributed by atoms with van der Waals surface area (Å²) in [6.45, 7) is 4.12. The van der Waals surface area contributed by atoms with Crippen LogP contribution >= 0.6 is 11.8 Å². The number of allylic oxidation sites excluding steroid dienone is 1. The van der Waals surface area contributed by atoms with Gasteiger partial charge in [-0.1, -0.05) is 65.5 Å². The molecule has 0 aliphatic carbocycles. The smallest absolute Gasteiger partial charge is 0.262 e. The van der Waals surface area contributed by atoms with Crippen molar-refractivity contribution in [2.75, 3.05) is 0 Å². The summed E-state index contributed by atoms with van der Waals surface area (Å²) in [6.07, 6.45) is 1.68. The first-order valence-electron chi connectivity index (χ1n) is 8.37. The first kappa shape index (κ1) is 17.2. The van der Waals surface area contributed by atoms with E-state index in [-0.39, 0.29) is 5.56 Å². The highest BCUT2D eigenvalue weighted by atomic mass is 32.2. The maximum atomic E-state index is 12.8. The van der Waals surface area contributed by atoms with E-state index in [1.807, 2.05) is 48.5 Å². The molecule has 0 unspecified atom stereocenters. The molecule has 7 heteroatoms. The molecule has 2 heterocycles. The molecule has 0 aliphatic rings. The number of thioether (sulfide) groups is 1. The Morgan fingerprint density at radius 2 is 1.85 bits per heavy atom. The van der Waals surface area contributed by atoms with E-state index in [1.54, 1.807) is 16.7 Å². The maximum absolute atomic E-state index is 12.8. The van der Waals surface area contributed by atoms with Gasteiger partial charge in [-0.15, -0.1) is 6.58 Å². The van der Waals surface area contributed by atoms with Crippen LogP contribution in [-0.4, -0.2) is 19.7 Å². The topological polar surface area (TPSA) is 73.8 Å². The van der Waals surface area contributed by atoms with E-state index in [9.17, 15) is 4.79 Å². The fraction of sp³-hybridized carbons (Fsp3) is 0.100. The van der Waals surface area contributed by atoms with Gasteiger partial charge in [0.05, 0.1) is 16.7 Å². The number of para-hydroxylation sites is 1. The SMILES string of the molecule is C=CCn1c(SCc2nc(-c3ccccc3)no2)nc2ccccc2c1=O. The highest BCUT2D eigenvalue weighted by molar-refractivity contribution is 7.98. The average Bonchev–Trinajstić information content (AvgIpc) is 3.19. The summed E-state index contributed by atoms with van der Waals surface area (Å²) in [5.74, 6) is 1.44. The van der Waals surface area contributed by atoms with Crippen LogP contribution < -0.4 is 5.56 Å². The summed E-state index contributed by atoms with van der Waals surface area (Å²) < 4.78 is 6.95. The van der Waals surface area contributed by atoms with Gasteiger partial charge < -0.3 is 4.52 Å². The molecule has 6 nitrogen and oxygen atoms in total. The van der Waals surface area contributed by atoms with Gasteiger partial charge in [0.25, 0.3) is 5.56 Å². The fourth-order valence-corrected chi connectivity index (χ4v) is 3.54. The molecule has 0 atom stereocenters. The lowest BCUT2D eigenvalue weighted by atomic mass is 10.2. The Labute approximate surface area is 159 Å². The number of rotatable bonds is 6. The second-order valence-electron chi connectivity index (χ2n) is 5.78. The molecule has 0 saturated heterocycles. The molecule has 4 rings (SSSR count). The predicted molar refractivity (Wildman–Crippen MR) is 105 cm³/mol. The zero-order valence-electron chi connectivity index (χ0n) is 14.4. The van der Waals surface area contributed by atoms with Crippen molar-refractivity contribution in [3.8, 4) is 11.4 Å². The second-order valence-corrected chi connectivity index (χ2v) is 6.72. The summed E-state index contributed by atoms with van der Waals surface area (Å²) in [5.41, 5.74) is 1.48. The molecule has 2 aromatic carbocycles. The number of nitrogens with zero attached hydrogens (tertiary/aromatic N) is 4. The van der Waals surface area contributed by atoms with Crippen LogP contribution in [0.1, 0.15) is 5.89 Å². The van der Waals surface area contributed by atoms with Crippen molar-refractivity contribution in [3.63, 3.8) is 0 Å². The molecule has 0 aliphatic heterocycles. The monoisotopic (exact) mass is 376 g/mol. The third kappa shape index (κ3) is 3.54. The van der Waals surface area contributed by atoms with Crippen molar-refractivity contribution in [1.29, 1.82) is 0 Å². The minimum atomic E-state index is -0.0847. The standard InChI is InChI=1S/C20H16N4O2S/c1-2-12-24-19(25)15-10-6-7-11-16(15)21-20(24)27-13-17-22-18(23-26-17)14-8-4-3-5-9-14/h2-11H,1,12-13H2. The Morgan fingerprint density at radius 3 is 2.67 bits per heavy atom. The van der Waals surface area contributed by atoms with Crippen LogP contribution in [0.4, 0.5) is 0 Å². The molecule has 0 bridgehead atoms. The van der Waals surface area contributed by atoms with E-state index in [0.29, 0.717) is 40.1 Å². The highest BCUT2D eigenvalue weighted by Crippen LogP contribution is 2.23. The van der Waals surface area contributed by atoms with E-state index in [2.05, 4.69) is 21.7 Å². The Bertz CT molecular complexity index is 1150. The zero-order valence-corrected chi connectivity index (χ0v) is 15.2. The minimum absolute atomic E-state index is 0.0847. The first-order valence-corrected chi connectivity index (χ1v) is 9.36. The first-order chi connectivity index (χ1) is 13.3. The molecule has 4 aromatic rings. The van der Waals surface area contributed by atoms with Crippen molar-refractivity contribution >= 4 is 22.7 Å². The number of fused-ring (bicyclic) bond motifs is 1. The third-order valence-electron chi connectivity index (χ3n) is 3.96. The van der Waals surface area contributed by atoms with E-state index < -0.39 is 0 Å². The van der Waals surface area contributed by atoms with Gasteiger partial charge in [-0.05, 0) is 12.1 Å².